The number of aromatic nitrogens is 1. The van der Waals surface area contributed by atoms with Crippen LogP contribution in [0.25, 0.3) is 11.3 Å². The number of benzene rings is 1. The number of hydrogen-bond donors (Lipinski definition) is 2. The molecule has 0 saturated heterocycles. The number of anilines is 1. The van der Waals surface area contributed by atoms with Crippen LogP contribution >= 0.6 is 11.3 Å². The number of nitrogens with zero attached hydrogens (tertiary/aromatic N) is 1. The SMILES string of the molecule is Cc1sc(N)nc1-c1ccc(CO)cc1. The minimum Gasteiger partial charge on any atom is -0.392 e. The second-order valence-electron chi connectivity index (χ2n) is 3.31. The Balaban J connectivity index is 2.41. The molecule has 0 amide bonds. The van der Waals surface area contributed by atoms with Gasteiger partial charge in [-0.25, -0.2) is 4.98 Å². The van der Waals surface area contributed by atoms with E-state index in [0.717, 1.165) is 21.7 Å². The first-order valence-electron chi connectivity index (χ1n) is 4.64. The lowest BCUT2D eigenvalue weighted by Gasteiger charge is -2.00. The molecule has 0 atom stereocenters. The van der Waals surface area contributed by atoms with Crippen LogP contribution in [-0.2, 0) is 6.61 Å². The smallest absolute Gasteiger partial charge is 0.180 e. The average molecular weight is 220 g/mol. The predicted molar refractivity (Wildman–Crippen MR) is 62.6 cm³/mol. The molecule has 15 heavy (non-hydrogen) atoms. The highest BCUT2D eigenvalue weighted by Crippen LogP contribution is 2.28. The highest BCUT2D eigenvalue weighted by atomic mass is 32.1. The van der Waals surface area contributed by atoms with Gasteiger partial charge in [0.1, 0.15) is 0 Å². The van der Waals surface area contributed by atoms with Gasteiger partial charge in [0.2, 0.25) is 0 Å². The van der Waals surface area contributed by atoms with Gasteiger partial charge in [0, 0.05) is 10.4 Å². The van der Waals surface area contributed by atoms with Gasteiger partial charge in [-0.1, -0.05) is 24.3 Å². The van der Waals surface area contributed by atoms with Crippen molar-refractivity contribution >= 4 is 16.5 Å². The monoisotopic (exact) mass is 220 g/mol. The van der Waals surface area contributed by atoms with E-state index in [0.29, 0.717) is 5.13 Å². The largest absolute Gasteiger partial charge is 0.392 e. The third-order valence-corrected chi connectivity index (χ3v) is 3.02. The summed E-state index contributed by atoms with van der Waals surface area (Å²) < 4.78 is 0. The van der Waals surface area contributed by atoms with Crippen LogP contribution in [0.15, 0.2) is 24.3 Å². The predicted octanol–water partition coefficient (Wildman–Crippen LogP) is 2.19. The number of nitrogen functional groups attached to an aromatic ring is 1. The van der Waals surface area contributed by atoms with Crippen molar-refractivity contribution in [2.45, 2.75) is 13.5 Å². The Hall–Kier alpha value is -1.39. The van der Waals surface area contributed by atoms with E-state index in [2.05, 4.69) is 4.98 Å². The molecule has 0 fully saturated rings. The van der Waals surface area contributed by atoms with E-state index in [9.17, 15) is 0 Å². The summed E-state index contributed by atoms with van der Waals surface area (Å²) in [4.78, 5) is 5.38. The molecule has 1 aromatic heterocycles. The van der Waals surface area contributed by atoms with Crippen molar-refractivity contribution in [3.05, 3.63) is 34.7 Å². The van der Waals surface area contributed by atoms with Crippen molar-refractivity contribution in [1.82, 2.24) is 4.98 Å². The van der Waals surface area contributed by atoms with Crippen LogP contribution in [0.2, 0.25) is 0 Å². The molecule has 1 aromatic carbocycles. The van der Waals surface area contributed by atoms with Gasteiger partial charge in [-0.3, -0.25) is 0 Å². The number of thiazole rings is 1. The van der Waals surface area contributed by atoms with Gasteiger partial charge in [-0.15, -0.1) is 11.3 Å². The summed E-state index contributed by atoms with van der Waals surface area (Å²) in [6, 6.07) is 7.69. The highest BCUT2D eigenvalue weighted by molar-refractivity contribution is 7.15. The normalized spacial score (nSPS) is 10.5. The van der Waals surface area contributed by atoms with Gasteiger partial charge in [-0.05, 0) is 12.5 Å². The number of aliphatic hydroxyl groups excluding tert-OH is 1. The number of aliphatic hydroxyl groups is 1. The van der Waals surface area contributed by atoms with E-state index >= 15 is 0 Å². The molecule has 2 aromatic rings. The minimum absolute atomic E-state index is 0.0679. The fraction of sp³-hybridized carbons (Fsp3) is 0.182. The lowest BCUT2D eigenvalue weighted by molar-refractivity contribution is 0.282. The Morgan fingerprint density at radius 3 is 2.47 bits per heavy atom. The van der Waals surface area contributed by atoms with Gasteiger partial charge >= 0.3 is 0 Å². The van der Waals surface area contributed by atoms with E-state index in [4.69, 9.17) is 10.8 Å². The molecule has 4 heteroatoms. The van der Waals surface area contributed by atoms with Crippen LogP contribution < -0.4 is 5.73 Å². The van der Waals surface area contributed by atoms with Gasteiger partial charge < -0.3 is 10.8 Å². The third-order valence-electron chi connectivity index (χ3n) is 2.22. The second kappa shape index (κ2) is 4.00. The quantitative estimate of drug-likeness (QED) is 0.815. The number of hydrogen-bond acceptors (Lipinski definition) is 4. The van der Waals surface area contributed by atoms with Crippen LogP contribution in [0.4, 0.5) is 5.13 Å². The van der Waals surface area contributed by atoms with Crippen LogP contribution in [0.5, 0.6) is 0 Å². The molecule has 0 bridgehead atoms. The van der Waals surface area contributed by atoms with Crippen LogP contribution in [-0.4, -0.2) is 10.1 Å². The first kappa shape index (κ1) is 10.1. The zero-order valence-electron chi connectivity index (χ0n) is 8.40. The van der Waals surface area contributed by atoms with Crippen molar-refractivity contribution in [1.29, 1.82) is 0 Å². The maximum Gasteiger partial charge on any atom is 0.180 e. The third kappa shape index (κ3) is 2.00. The first-order valence-corrected chi connectivity index (χ1v) is 5.45. The van der Waals surface area contributed by atoms with E-state index < -0.39 is 0 Å². The molecule has 0 spiro atoms. The van der Waals surface area contributed by atoms with Crippen molar-refractivity contribution in [2.24, 2.45) is 0 Å². The zero-order chi connectivity index (χ0) is 10.8. The second-order valence-corrected chi connectivity index (χ2v) is 4.55. The van der Waals surface area contributed by atoms with E-state index in [1.54, 1.807) is 0 Å². The van der Waals surface area contributed by atoms with E-state index in [1.165, 1.54) is 11.3 Å². The van der Waals surface area contributed by atoms with Crippen molar-refractivity contribution in [2.75, 3.05) is 5.73 Å². The standard InChI is InChI=1S/C11H12N2OS/c1-7-10(13-11(12)15-7)9-4-2-8(6-14)3-5-9/h2-5,14H,6H2,1H3,(H2,12,13). The molecule has 3 nitrogen and oxygen atoms in total. The summed E-state index contributed by atoms with van der Waals surface area (Å²) in [5, 5.41) is 9.52. The van der Waals surface area contributed by atoms with Gasteiger partial charge in [0.15, 0.2) is 5.13 Å². The number of nitrogens with two attached hydrogens (primary N) is 1. The molecule has 0 aliphatic rings. The summed E-state index contributed by atoms with van der Waals surface area (Å²) in [7, 11) is 0. The summed E-state index contributed by atoms with van der Waals surface area (Å²) in [5.74, 6) is 0. The molecule has 3 N–H and O–H groups in total. The molecular formula is C11H12N2OS. The average Bonchev–Trinajstić information content (AvgIpc) is 2.58. The molecular weight excluding hydrogens is 208 g/mol. The molecule has 0 radical (unpaired) electrons. The molecule has 2 rings (SSSR count). The highest BCUT2D eigenvalue weighted by Gasteiger charge is 2.07. The Labute approximate surface area is 92.2 Å². The summed E-state index contributed by atoms with van der Waals surface area (Å²) in [6.45, 7) is 2.07. The van der Waals surface area contributed by atoms with Crippen molar-refractivity contribution in [3.8, 4) is 11.3 Å². The van der Waals surface area contributed by atoms with Crippen LogP contribution in [0.3, 0.4) is 0 Å². The van der Waals surface area contributed by atoms with Crippen LogP contribution in [0, 0.1) is 6.92 Å². The van der Waals surface area contributed by atoms with Crippen molar-refractivity contribution < 1.29 is 5.11 Å². The summed E-state index contributed by atoms with van der Waals surface area (Å²) >= 11 is 1.49. The summed E-state index contributed by atoms with van der Waals surface area (Å²) in [5.41, 5.74) is 8.51. The number of rotatable bonds is 2. The molecule has 0 aliphatic carbocycles. The fourth-order valence-corrected chi connectivity index (χ4v) is 2.16. The molecule has 0 unspecified atom stereocenters. The zero-order valence-corrected chi connectivity index (χ0v) is 9.21. The van der Waals surface area contributed by atoms with E-state index in [-0.39, 0.29) is 6.61 Å². The number of aryl methyl sites for hydroxylation is 1. The Bertz CT molecular complexity index is 462. The lowest BCUT2D eigenvalue weighted by Crippen LogP contribution is -1.86. The van der Waals surface area contributed by atoms with Crippen LogP contribution in [0.1, 0.15) is 10.4 Å². The van der Waals surface area contributed by atoms with Gasteiger partial charge in [-0.2, -0.15) is 0 Å². The van der Waals surface area contributed by atoms with E-state index in [1.807, 2.05) is 31.2 Å². The summed E-state index contributed by atoms with van der Waals surface area (Å²) in [6.07, 6.45) is 0. The molecule has 78 valence electrons. The molecule has 0 aliphatic heterocycles. The first-order chi connectivity index (χ1) is 7.20. The lowest BCUT2D eigenvalue weighted by atomic mass is 10.1. The topological polar surface area (TPSA) is 59.1 Å². The fourth-order valence-electron chi connectivity index (χ4n) is 1.45. The van der Waals surface area contributed by atoms with Gasteiger partial charge in [0.05, 0.1) is 12.3 Å². The Kier molecular flexibility index (Phi) is 2.70. The Morgan fingerprint density at radius 1 is 1.33 bits per heavy atom. The van der Waals surface area contributed by atoms with Crippen molar-refractivity contribution in [3.63, 3.8) is 0 Å². The maximum absolute atomic E-state index is 8.92. The minimum atomic E-state index is 0.0679. The molecule has 1 heterocycles. The maximum atomic E-state index is 8.92. The van der Waals surface area contributed by atoms with Gasteiger partial charge in [0.25, 0.3) is 0 Å². The molecule has 0 saturated carbocycles. The Morgan fingerprint density at radius 2 is 2.00 bits per heavy atom.